The Hall–Kier alpha value is 0.0906. The van der Waals surface area contributed by atoms with E-state index in [1.807, 2.05) is 0 Å². The number of hydrogen-bond donors (Lipinski definition) is 0. The molecule has 0 heterocycles. The molecule has 0 N–H and O–H groups in total. The van der Waals surface area contributed by atoms with Crippen LogP contribution in [0.4, 0.5) is 0 Å². The highest BCUT2D eigenvalue weighted by Gasteiger charge is 2.57. The van der Waals surface area contributed by atoms with Gasteiger partial charge in [0.15, 0.2) is 8.32 Å². The summed E-state index contributed by atoms with van der Waals surface area (Å²) in [6, 6.07) is 1.52. The molecule has 4 aliphatic carbocycles. The topological polar surface area (TPSA) is 9.23 Å². The summed E-state index contributed by atoms with van der Waals surface area (Å²) in [7, 11) is -4.65. The predicted octanol–water partition coefficient (Wildman–Crippen LogP) is 11.7. The van der Waals surface area contributed by atoms with Crippen molar-refractivity contribution >= 4 is 24.5 Å². The molecular weight excluding hydrogens is 521 g/mol. The third kappa shape index (κ3) is 5.85. The van der Waals surface area contributed by atoms with Gasteiger partial charge in [-0.1, -0.05) is 116 Å². The van der Waals surface area contributed by atoms with E-state index < -0.39 is 24.5 Å². The highest BCUT2D eigenvalue weighted by molar-refractivity contribution is 6.82. The summed E-state index contributed by atoms with van der Waals surface area (Å²) in [5, 5.41) is 0.781. The zero-order chi connectivity index (χ0) is 29.3. The molecule has 4 aliphatic rings. The molecule has 0 aliphatic heterocycles. The Kier molecular flexibility index (Phi) is 8.76. The van der Waals surface area contributed by atoms with E-state index in [4.69, 9.17) is 4.43 Å². The molecule has 2 fully saturated rings. The summed E-state index contributed by atoms with van der Waals surface area (Å²) in [6.07, 6.45) is 14.5. The number of allylic oxidation sites excluding steroid dienone is 3. The first-order chi connectivity index (χ1) is 17.7. The maximum atomic E-state index is 7.19. The van der Waals surface area contributed by atoms with Gasteiger partial charge in [-0.3, -0.25) is 0 Å². The first-order valence-electron chi connectivity index (χ1n) is 16.7. The van der Waals surface area contributed by atoms with Crippen molar-refractivity contribution in [2.45, 2.75) is 167 Å². The molecule has 4 heteroatoms. The van der Waals surface area contributed by atoms with E-state index in [9.17, 15) is 0 Å². The lowest BCUT2D eigenvalue weighted by molar-refractivity contribution is 0.0726. The summed E-state index contributed by atoms with van der Waals surface area (Å²) >= 11 is 0. The van der Waals surface area contributed by atoms with Crippen LogP contribution in [0.15, 0.2) is 23.3 Å². The maximum Gasteiger partial charge on any atom is 0.192 e. The van der Waals surface area contributed by atoms with Crippen LogP contribution in [0.1, 0.15) is 93.9 Å². The Morgan fingerprint density at radius 3 is 1.69 bits per heavy atom. The van der Waals surface area contributed by atoms with Crippen LogP contribution in [0.5, 0.6) is 0 Å². The third-order valence-corrected chi connectivity index (χ3v) is 28.6. The van der Waals surface area contributed by atoms with Crippen molar-refractivity contribution in [2.75, 3.05) is 0 Å². The summed E-state index contributed by atoms with van der Waals surface area (Å²) in [5.41, 5.74) is 5.25. The van der Waals surface area contributed by atoms with Gasteiger partial charge in [-0.25, -0.2) is 0 Å². The number of fused-ring (bicyclic) bond motifs is 2. The summed E-state index contributed by atoms with van der Waals surface area (Å²) in [6.45, 7) is 35.8. The molecule has 0 aromatic carbocycles. The molecule has 8 atom stereocenters. The maximum absolute atomic E-state index is 7.19. The number of hydrogen-bond acceptors (Lipinski definition) is 1. The second kappa shape index (κ2) is 10.7. The molecule has 1 nitrogen and oxygen atoms in total. The highest BCUT2D eigenvalue weighted by atomic mass is 28.4. The quantitative estimate of drug-likeness (QED) is 0.222. The van der Waals surface area contributed by atoms with E-state index in [1.54, 1.807) is 11.1 Å². The first-order valence-corrected chi connectivity index (χ1v) is 26.0. The Bertz CT molecular complexity index is 883. The Labute approximate surface area is 247 Å². The largest absolute Gasteiger partial charge is 0.413 e. The standard InChI is InChI=1S/C35H66OSi3/c1-24-21-29-26(23-37(9,10)34(3,4)5)17-15-18-27(29)32(24)38(11,12)33-25(2)22-30-28(33)19-16-20-31(30)36-39(13,14)35(6,7)8/h21-22,26-33H,15-20,23H2,1-14H3. The van der Waals surface area contributed by atoms with Crippen molar-refractivity contribution in [3.63, 3.8) is 0 Å². The van der Waals surface area contributed by atoms with E-state index in [-0.39, 0.29) is 5.04 Å². The normalized spacial score (nSPS) is 36.4. The van der Waals surface area contributed by atoms with Crippen molar-refractivity contribution in [3.8, 4) is 0 Å². The average Bonchev–Trinajstić information content (AvgIpc) is 3.29. The van der Waals surface area contributed by atoms with Gasteiger partial charge in [0.2, 0.25) is 0 Å². The minimum Gasteiger partial charge on any atom is -0.413 e. The highest BCUT2D eigenvalue weighted by Crippen LogP contribution is 2.63. The van der Waals surface area contributed by atoms with Crippen LogP contribution >= 0.6 is 0 Å². The van der Waals surface area contributed by atoms with Gasteiger partial charge in [-0.15, -0.1) is 0 Å². The molecule has 0 amide bonds. The van der Waals surface area contributed by atoms with Gasteiger partial charge < -0.3 is 4.43 Å². The fourth-order valence-corrected chi connectivity index (χ4v) is 19.4. The van der Waals surface area contributed by atoms with Crippen LogP contribution in [0.3, 0.4) is 0 Å². The SMILES string of the molecule is CC1=CC2C(C[Si](C)(C)C(C)(C)C)CCCC2C1[Si](C)(C)C1C(C)=CC2C(O[Si](C)(C)C(C)(C)C)CCCC21. The summed E-state index contributed by atoms with van der Waals surface area (Å²) < 4.78 is 7.19. The van der Waals surface area contributed by atoms with Crippen LogP contribution in [-0.2, 0) is 4.43 Å². The zero-order valence-corrected chi connectivity index (χ0v) is 31.6. The predicted molar refractivity (Wildman–Crippen MR) is 182 cm³/mol. The molecule has 39 heavy (non-hydrogen) atoms. The van der Waals surface area contributed by atoms with Crippen LogP contribution in [0, 0.1) is 29.6 Å². The fourth-order valence-electron chi connectivity index (χ4n) is 9.69. The molecule has 224 valence electrons. The van der Waals surface area contributed by atoms with E-state index in [0.29, 0.717) is 17.1 Å². The Morgan fingerprint density at radius 1 is 0.692 bits per heavy atom. The minimum atomic E-state index is -1.77. The molecule has 8 unspecified atom stereocenters. The van der Waals surface area contributed by atoms with Gasteiger partial charge in [-0.2, -0.15) is 0 Å². The van der Waals surface area contributed by atoms with Crippen LogP contribution in [0.2, 0.25) is 66.5 Å². The van der Waals surface area contributed by atoms with Crippen molar-refractivity contribution in [1.82, 2.24) is 0 Å². The number of rotatable bonds is 6. The van der Waals surface area contributed by atoms with Crippen LogP contribution in [-0.4, -0.2) is 30.6 Å². The van der Waals surface area contributed by atoms with E-state index in [0.717, 1.165) is 34.8 Å². The van der Waals surface area contributed by atoms with Crippen molar-refractivity contribution in [3.05, 3.63) is 23.3 Å². The minimum absolute atomic E-state index is 0.285. The zero-order valence-electron chi connectivity index (χ0n) is 28.6. The van der Waals surface area contributed by atoms with Gasteiger partial charge in [-0.05, 0) is 91.0 Å². The lowest BCUT2D eigenvalue weighted by Crippen LogP contribution is -2.50. The van der Waals surface area contributed by atoms with Crippen molar-refractivity contribution < 1.29 is 4.43 Å². The van der Waals surface area contributed by atoms with Crippen LogP contribution < -0.4 is 0 Å². The fraction of sp³-hybridized carbons (Fsp3) is 0.886. The molecule has 2 saturated carbocycles. The summed E-state index contributed by atoms with van der Waals surface area (Å²) in [4.78, 5) is 0. The van der Waals surface area contributed by atoms with E-state index in [2.05, 4.69) is 107 Å². The Morgan fingerprint density at radius 2 is 1.18 bits per heavy atom. The van der Waals surface area contributed by atoms with Crippen LogP contribution in [0.25, 0.3) is 0 Å². The molecule has 0 spiro atoms. The molecule has 4 rings (SSSR count). The smallest absolute Gasteiger partial charge is 0.192 e. The lowest BCUT2D eigenvalue weighted by atomic mass is 9.74. The van der Waals surface area contributed by atoms with Gasteiger partial charge in [0.25, 0.3) is 0 Å². The molecule has 0 bridgehead atoms. The Balaban J connectivity index is 1.57. The first kappa shape index (κ1) is 32.0. The molecule has 0 saturated heterocycles. The molecular formula is C35H66OSi3. The third-order valence-electron chi connectivity index (χ3n) is 13.5. The monoisotopic (exact) mass is 586 g/mol. The van der Waals surface area contributed by atoms with E-state index in [1.165, 1.54) is 44.6 Å². The lowest BCUT2D eigenvalue weighted by Gasteiger charge is -2.50. The second-order valence-electron chi connectivity index (χ2n) is 18.5. The average molecular weight is 587 g/mol. The van der Waals surface area contributed by atoms with Crippen molar-refractivity contribution in [1.29, 1.82) is 0 Å². The van der Waals surface area contributed by atoms with Gasteiger partial charge >= 0.3 is 0 Å². The van der Waals surface area contributed by atoms with Gasteiger partial charge in [0.05, 0.1) is 22.3 Å². The molecule has 0 aromatic rings. The van der Waals surface area contributed by atoms with Crippen molar-refractivity contribution in [2.24, 2.45) is 29.6 Å². The second-order valence-corrected chi connectivity index (χ2v) is 33.8. The summed E-state index contributed by atoms with van der Waals surface area (Å²) in [5.74, 6) is 4.19. The van der Waals surface area contributed by atoms with Gasteiger partial charge in [0, 0.05) is 5.92 Å². The molecule has 0 aromatic heterocycles. The van der Waals surface area contributed by atoms with E-state index >= 15 is 0 Å². The van der Waals surface area contributed by atoms with Gasteiger partial charge in [0.1, 0.15) is 0 Å². The molecule has 0 radical (unpaired) electrons.